The SMILES string of the molecule is N#C/C=C/C(=O)C(Cl)(Cl)Cl. The maximum Gasteiger partial charge on any atom is 0.252 e. The first kappa shape index (κ1) is 9.77. The molecule has 5 heteroatoms. The molecular formula is C5H2Cl3NO. The van der Waals surface area contributed by atoms with Gasteiger partial charge in [-0.1, -0.05) is 34.8 Å². The van der Waals surface area contributed by atoms with Crippen molar-refractivity contribution in [1.29, 1.82) is 5.26 Å². The Morgan fingerprint density at radius 2 is 2.00 bits per heavy atom. The molecule has 10 heavy (non-hydrogen) atoms. The summed E-state index contributed by atoms with van der Waals surface area (Å²) in [5.41, 5.74) is 0. The van der Waals surface area contributed by atoms with E-state index in [9.17, 15) is 4.79 Å². The standard InChI is InChI=1S/C5H2Cl3NO/c6-5(7,8)4(10)2-1-3-9/h1-2H/b2-1+. The number of nitriles is 1. The molecule has 0 amide bonds. The first-order chi connectivity index (χ1) is 4.48. The van der Waals surface area contributed by atoms with Crippen LogP contribution in [0, 0.1) is 11.3 Å². The summed E-state index contributed by atoms with van der Waals surface area (Å²) in [7, 11) is 0. The minimum atomic E-state index is -1.95. The minimum Gasteiger partial charge on any atom is -0.290 e. The van der Waals surface area contributed by atoms with Crippen LogP contribution in [0.25, 0.3) is 0 Å². The lowest BCUT2D eigenvalue weighted by molar-refractivity contribution is -0.113. The number of carbonyl (C=O) groups is 1. The monoisotopic (exact) mass is 197 g/mol. The lowest BCUT2D eigenvalue weighted by Crippen LogP contribution is -2.15. The van der Waals surface area contributed by atoms with E-state index in [0.29, 0.717) is 0 Å². The van der Waals surface area contributed by atoms with Gasteiger partial charge in [0.1, 0.15) is 0 Å². The average molecular weight is 198 g/mol. The van der Waals surface area contributed by atoms with E-state index in [4.69, 9.17) is 40.1 Å². The zero-order valence-electron chi connectivity index (χ0n) is 4.64. The highest BCUT2D eigenvalue weighted by molar-refractivity contribution is 6.77. The fraction of sp³-hybridized carbons (Fsp3) is 0.200. The Morgan fingerprint density at radius 1 is 1.50 bits per heavy atom. The number of allylic oxidation sites excluding steroid dienone is 2. The van der Waals surface area contributed by atoms with Gasteiger partial charge in [-0.25, -0.2) is 0 Å². The van der Waals surface area contributed by atoms with Crippen LogP contribution in [0.3, 0.4) is 0 Å². The lowest BCUT2D eigenvalue weighted by Gasteiger charge is -2.02. The number of nitrogens with zero attached hydrogens (tertiary/aromatic N) is 1. The van der Waals surface area contributed by atoms with E-state index < -0.39 is 9.58 Å². The molecule has 0 saturated carbocycles. The molecule has 0 rings (SSSR count). The molecule has 0 N–H and O–H groups in total. The molecule has 0 radical (unpaired) electrons. The van der Waals surface area contributed by atoms with Crippen LogP contribution in [0.15, 0.2) is 12.2 Å². The Labute approximate surface area is 73.0 Å². The van der Waals surface area contributed by atoms with Crippen molar-refractivity contribution in [3.63, 3.8) is 0 Å². The molecule has 0 aliphatic carbocycles. The summed E-state index contributed by atoms with van der Waals surface area (Å²) in [4.78, 5) is 10.6. The van der Waals surface area contributed by atoms with E-state index in [2.05, 4.69) is 0 Å². The molecule has 0 unspecified atom stereocenters. The topological polar surface area (TPSA) is 40.9 Å². The number of ketones is 1. The average Bonchev–Trinajstić information content (AvgIpc) is 1.80. The Balaban J connectivity index is 4.15. The van der Waals surface area contributed by atoms with Crippen LogP contribution in [0.2, 0.25) is 0 Å². The second-order valence-corrected chi connectivity index (χ2v) is 3.61. The number of hydrogen-bond donors (Lipinski definition) is 0. The van der Waals surface area contributed by atoms with Crippen molar-refractivity contribution in [2.24, 2.45) is 0 Å². The Morgan fingerprint density at radius 3 is 2.30 bits per heavy atom. The summed E-state index contributed by atoms with van der Waals surface area (Å²) < 4.78 is -1.95. The summed E-state index contributed by atoms with van der Waals surface area (Å²) in [5.74, 6) is -0.723. The van der Waals surface area contributed by atoms with E-state index >= 15 is 0 Å². The maximum absolute atomic E-state index is 10.6. The summed E-state index contributed by atoms with van der Waals surface area (Å²) in [6.45, 7) is 0. The highest BCUT2D eigenvalue weighted by atomic mass is 35.6. The number of alkyl halides is 3. The van der Waals surface area contributed by atoms with Gasteiger partial charge in [-0.15, -0.1) is 0 Å². The largest absolute Gasteiger partial charge is 0.290 e. The Hall–Kier alpha value is -0.230. The number of carbonyl (C=O) groups excluding carboxylic acids is 1. The zero-order valence-corrected chi connectivity index (χ0v) is 6.91. The third kappa shape index (κ3) is 3.73. The lowest BCUT2D eigenvalue weighted by atomic mass is 10.4. The smallest absolute Gasteiger partial charge is 0.252 e. The third-order valence-corrected chi connectivity index (χ3v) is 1.15. The van der Waals surface area contributed by atoms with E-state index in [0.717, 1.165) is 12.2 Å². The fourth-order valence-electron chi connectivity index (χ4n) is 0.207. The fourth-order valence-corrected chi connectivity index (χ4v) is 0.396. The molecule has 0 spiro atoms. The summed E-state index contributed by atoms with van der Waals surface area (Å²) in [6.07, 6.45) is 1.86. The van der Waals surface area contributed by atoms with Crippen LogP contribution in [0.5, 0.6) is 0 Å². The molecule has 0 heterocycles. The summed E-state index contributed by atoms with van der Waals surface area (Å²) in [5, 5.41) is 7.96. The molecular weight excluding hydrogens is 196 g/mol. The quantitative estimate of drug-likeness (QED) is 0.367. The molecule has 2 nitrogen and oxygen atoms in total. The molecule has 0 bridgehead atoms. The maximum atomic E-state index is 10.6. The molecule has 0 aromatic rings. The summed E-state index contributed by atoms with van der Waals surface area (Å²) >= 11 is 15.4. The first-order valence-electron chi connectivity index (χ1n) is 2.16. The van der Waals surface area contributed by atoms with Gasteiger partial charge in [-0.2, -0.15) is 5.26 Å². The number of rotatable bonds is 1. The van der Waals surface area contributed by atoms with Crippen LogP contribution in [-0.4, -0.2) is 9.58 Å². The van der Waals surface area contributed by atoms with E-state index in [1.165, 1.54) is 0 Å². The van der Waals surface area contributed by atoms with Crippen LogP contribution in [0.4, 0.5) is 0 Å². The van der Waals surface area contributed by atoms with Crippen LogP contribution in [-0.2, 0) is 4.79 Å². The van der Waals surface area contributed by atoms with Gasteiger partial charge >= 0.3 is 0 Å². The molecule has 54 valence electrons. The van der Waals surface area contributed by atoms with Gasteiger partial charge in [-0.3, -0.25) is 4.79 Å². The molecule has 0 aliphatic rings. The van der Waals surface area contributed by atoms with Crippen molar-refractivity contribution in [2.45, 2.75) is 3.79 Å². The van der Waals surface area contributed by atoms with Gasteiger partial charge in [0.25, 0.3) is 3.79 Å². The molecule has 0 aromatic heterocycles. The second-order valence-electron chi connectivity index (χ2n) is 1.32. The van der Waals surface area contributed by atoms with Crippen molar-refractivity contribution in [3.05, 3.63) is 12.2 Å². The van der Waals surface area contributed by atoms with E-state index in [1.807, 2.05) is 0 Å². The zero-order chi connectivity index (χ0) is 8.20. The predicted octanol–water partition coefficient (Wildman–Crippen LogP) is 2.01. The van der Waals surface area contributed by atoms with Gasteiger partial charge in [-0.05, 0) is 6.08 Å². The van der Waals surface area contributed by atoms with E-state index in [1.54, 1.807) is 6.07 Å². The highest BCUT2D eigenvalue weighted by Gasteiger charge is 2.27. The van der Waals surface area contributed by atoms with E-state index in [-0.39, 0.29) is 0 Å². The van der Waals surface area contributed by atoms with Gasteiger partial charge in [0.15, 0.2) is 0 Å². The first-order valence-corrected chi connectivity index (χ1v) is 3.29. The molecule has 0 saturated heterocycles. The minimum absolute atomic E-state index is 0.723. The van der Waals surface area contributed by atoms with Crippen LogP contribution < -0.4 is 0 Å². The van der Waals surface area contributed by atoms with Crippen molar-refractivity contribution < 1.29 is 4.79 Å². The normalized spacial score (nSPS) is 11.4. The predicted molar refractivity (Wildman–Crippen MR) is 40.1 cm³/mol. The molecule has 0 aliphatic heterocycles. The second kappa shape index (κ2) is 3.82. The molecule has 0 fully saturated rings. The van der Waals surface area contributed by atoms with Crippen molar-refractivity contribution in [1.82, 2.24) is 0 Å². The third-order valence-electron chi connectivity index (χ3n) is 0.589. The van der Waals surface area contributed by atoms with Crippen LogP contribution >= 0.6 is 34.8 Å². The van der Waals surface area contributed by atoms with Crippen LogP contribution in [0.1, 0.15) is 0 Å². The Kier molecular flexibility index (Phi) is 3.73. The molecule has 0 atom stereocenters. The van der Waals surface area contributed by atoms with Gasteiger partial charge < -0.3 is 0 Å². The van der Waals surface area contributed by atoms with Gasteiger partial charge in [0.2, 0.25) is 5.78 Å². The van der Waals surface area contributed by atoms with Crippen molar-refractivity contribution in [3.8, 4) is 6.07 Å². The van der Waals surface area contributed by atoms with Crippen molar-refractivity contribution in [2.75, 3.05) is 0 Å². The Bertz CT molecular complexity index is 198. The van der Waals surface area contributed by atoms with Gasteiger partial charge in [0.05, 0.1) is 6.07 Å². The van der Waals surface area contributed by atoms with Crippen molar-refractivity contribution >= 4 is 40.6 Å². The number of halogens is 3. The summed E-state index contributed by atoms with van der Waals surface area (Å²) in [6, 6.07) is 1.59. The molecule has 0 aromatic carbocycles. The highest BCUT2D eigenvalue weighted by Crippen LogP contribution is 2.27. The number of hydrogen-bond acceptors (Lipinski definition) is 2. The van der Waals surface area contributed by atoms with Gasteiger partial charge in [0, 0.05) is 6.08 Å².